The van der Waals surface area contributed by atoms with Crippen molar-refractivity contribution in [1.29, 1.82) is 0 Å². The smallest absolute Gasteiger partial charge is 1.00 e. The van der Waals surface area contributed by atoms with Crippen molar-refractivity contribution in [3.05, 3.63) is 0 Å². The summed E-state index contributed by atoms with van der Waals surface area (Å²) < 4.78 is 28.3. The van der Waals surface area contributed by atoms with Gasteiger partial charge >= 0.3 is 45.2 Å². The number of hydrogen-bond acceptors (Lipinski definition) is 4. The van der Waals surface area contributed by atoms with Crippen molar-refractivity contribution in [2.45, 2.75) is 13.3 Å². The zero-order valence-electron chi connectivity index (χ0n) is 8.28. The van der Waals surface area contributed by atoms with Crippen LogP contribution in [0.4, 0.5) is 0 Å². The first-order valence-corrected chi connectivity index (χ1v) is 6.03. The van der Waals surface area contributed by atoms with Crippen LogP contribution < -0.4 is 29.6 Å². The van der Waals surface area contributed by atoms with Gasteiger partial charge in [-0.3, -0.25) is 4.52 Å². The van der Waals surface area contributed by atoms with Gasteiger partial charge in [-0.05, 0) is 6.42 Å². The van der Waals surface area contributed by atoms with Crippen molar-refractivity contribution < 1.29 is 63.6 Å². The fourth-order valence-electron chi connectivity index (χ4n) is 0.365. The molecule has 0 fully saturated rings. The van der Waals surface area contributed by atoms with Crippen LogP contribution in [0.15, 0.2) is 0 Å². The van der Waals surface area contributed by atoms with Crippen LogP contribution in [0.5, 0.6) is 0 Å². The molecule has 7 nitrogen and oxygen atoms in total. The molecule has 13 heavy (non-hydrogen) atoms. The molecular formula is C3H11NaO7P2. The van der Waals surface area contributed by atoms with Gasteiger partial charge in [0.15, 0.2) is 0 Å². The molecule has 0 aromatic carbocycles. The van der Waals surface area contributed by atoms with Crippen LogP contribution in [-0.4, -0.2) is 21.3 Å². The fourth-order valence-corrected chi connectivity index (χ4v) is 2.04. The summed E-state index contributed by atoms with van der Waals surface area (Å²) in [5.41, 5.74) is 0. The quantitative estimate of drug-likeness (QED) is 0.369. The van der Waals surface area contributed by atoms with Gasteiger partial charge in [0.25, 0.3) is 0 Å². The molecule has 76 valence electrons. The van der Waals surface area contributed by atoms with E-state index in [4.69, 9.17) is 14.7 Å². The molecule has 0 aromatic rings. The van der Waals surface area contributed by atoms with Crippen LogP contribution in [0, 0.1) is 0 Å². The molecule has 0 aliphatic heterocycles. The molecule has 0 bridgehead atoms. The normalized spacial score (nSPS) is 16.0. The SMILES string of the molecule is CCCOP(=O)(O)OP(=O)(O)O.[H-].[Na+]. The van der Waals surface area contributed by atoms with Crippen LogP contribution in [0.2, 0.25) is 0 Å². The molecule has 1 unspecified atom stereocenters. The second-order valence-electron chi connectivity index (χ2n) is 1.87. The molecule has 0 aromatic heterocycles. The maximum Gasteiger partial charge on any atom is 1.00 e. The van der Waals surface area contributed by atoms with Crippen molar-refractivity contribution in [1.82, 2.24) is 0 Å². The van der Waals surface area contributed by atoms with Crippen LogP contribution in [0.3, 0.4) is 0 Å². The minimum Gasteiger partial charge on any atom is -1.00 e. The summed E-state index contributed by atoms with van der Waals surface area (Å²) in [6.07, 6.45) is 0.440. The molecule has 10 heteroatoms. The zero-order valence-corrected chi connectivity index (χ0v) is 11.1. The number of rotatable bonds is 5. The summed E-state index contributed by atoms with van der Waals surface area (Å²) in [6.45, 7) is 1.56. The molecule has 0 spiro atoms. The zero-order chi connectivity index (χ0) is 9.83. The molecule has 3 N–H and O–H groups in total. The first-order valence-electron chi connectivity index (χ1n) is 3.01. The van der Waals surface area contributed by atoms with Crippen LogP contribution in [-0.2, 0) is 18.0 Å². The van der Waals surface area contributed by atoms with Gasteiger partial charge in [-0.2, -0.15) is 4.31 Å². The predicted octanol–water partition coefficient (Wildman–Crippen LogP) is -2.26. The van der Waals surface area contributed by atoms with Crippen molar-refractivity contribution in [2.24, 2.45) is 0 Å². The van der Waals surface area contributed by atoms with Gasteiger partial charge in [0.05, 0.1) is 6.61 Å². The third kappa shape index (κ3) is 11.2. The van der Waals surface area contributed by atoms with Crippen molar-refractivity contribution in [2.75, 3.05) is 6.61 Å². The van der Waals surface area contributed by atoms with Crippen molar-refractivity contribution >= 4 is 15.6 Å². The van der Waals surface area contributed by atoms with Gasteiger partial charge in [0.2, 0.25) is 0 Å². The minimum absolute atomic E-state index is 0. The van der Waals surface area contributed by atoms with Gasteiger partial charge in [-0.15, -0.1) is 0 Å². The number of phosphoric acid groups is 2. The van der Waals surface area contributed by atoms with Crippen LogP contribution in [0.1, 0.15) is 14.8 Å². The van der Waals surface area contributed by atoms with E-state index in [1.165, 1.54) is 0 Å². The maximum atomic E-state index is 10.6. The van der Waals surface area contributed by atoms with Crippen LogP contribution >= 0.6 is 15.6 Å². The summed E-state index contributed by atoms with van der Waals surface area (Å²) in [4.78, 5) is 24.9. The van der Waals surface area contributed by atoms with E-state index in [0.29, 0.717) is 6.42 Å². The van der Waals surface area contributed by atoms with E-state index in [1.807, 2.05) is 0 Å². The average Bonchev–Trinajstić information content (AvgIpc) is 1.78. The second-order valence-corrected chi connectivity index (χ2v) is 4.70. The molecule has 0 heterocycles. The molecule has 0 rings (SSSR count). The molecule has 1 atom stereocenters. The van der Waals surface area contributed by atoms with Crippen LogP contribution in [0.25, 0.3) is 0 Å². The van der Waals surface area contributed by atoms with E-state index in [-0.39, 0.29) is 37.6 Å². The molecule has 0 saturated carbocycles. The maximum absolute atomic E-state index is 10.6. The van der Waals surface area contributed by atoms with Crippen molar-refractivity contribution in [3.63, 3.8) is 0 Å². The summed E-state index contributed by atoms with van der Waals surface area (Å²) in [5.74, 6) is 0. The minimum atomic E-state index is -4.97. The molecule has 0 radical (unpaired) electrons. The largest absolute Gasteiger partial charge is 1.00 e. The standard InChI is InChI=1S/C3H10O7P2.Na.H/c1-2-3-9-12(7,8)10-11(4,5)6;;/h2-3H2,1H3,(H,7,8)(H2,4,5,6);;/q;+1;-1. The number of hydrogen-bond donors (Lipinski definition) is 3. The molecule has 0 aliphatic carbocycles. The Bertz CT molecular complexity index is 229. The third-order valence-electron chi connectivity index (χ3n) is 0.668. The van der Waals surface area contributed by atoms with Crippen molar-refractivity contribution in [3.8, 4) is 0 Å². The Kier molecular flexibility index (Phi) is 8.58. The van der Waals surface area contributed by atoms with Gasteiger partial charge in [-0.1, -0.05) is 6.92 Å². The Balaban J connectivity index is -0.000000605. The summed E-state index contributed by atoms with van der Waals surface area (Å²) in [6, 6.07) is 0. The molecule has 0 aliphatic rings. The summed E-state index contributed by atoms with van der Waals surface area (Å²) in [5, 5.41) is 0. The Labute approximate surface area is 99.1 Å². The topological polar surface area (TPSA) is 113 Å². The van der Waals surface area contributed by atoms with E-state index in [1.54, 1.807) is 6.92 Å². The van der Waals surface area contributed by atoms with Gasteiger partial charge in [0.1, 0.15) is 0 Å². The van der Waals surface area contributed by atoms with E-state index in [2.05, 4.69) is 8.83 Å². The van der Waals surface area contributed by atoms with E-state index >= 15 is 0 Å². The third-order valence-corrected chi connectivity index (χ3v) is 2.85. The second kappa shape index (κ2) is 6.69. The van der Waals surface area contributed by atoms with E-state index in [0.717, 1.165) is 0 Å². The van der Waals surface area contributed by atoms with Gasteiger partial charge in [-0.25, -0.2) is 9.13 Å². The molecular weight excluding hydrogens is 233 g/mol. The Morgan fingerprint density at radius 3 is 2.08 bits per heavy atom. The van der Waals surface area contributed by atoms with Gasteiger partial charge < -0.3 is 16.1 Å². The predicted molar refractivity (Wildman–Crippen MR) is 40.3 cm³/mol. The molecule has 0 saturated heterocycles. The average molecular weight is 244 g/mol. The first kappa shape index (κ1) is 16.7. The van der Waals surface area contributed by atoms with E-state index in [9.17, 15) is 9.13 Å². The monoisotopic (exact) mass is 244 g/mol. The molecule has 0 amide bonds. The Hall–Kier alpha value is 1.26. The fraction of sp³-hybridized carbons (Fsp3) is 1.00. The Morgan fingerprint density at radius 1 is 1.31 bits per heavy atom. The summed E-state index contributed by atoms with van der Waals surface area (Å²) >= 11 is 0. The summed E-state index contributed by atoms with van der Waals surface area (Å²) in [7, 11) is -9.56. The first-order chi connectivity index (χ1) is 5.27. The number of phosphoric ester groups is 1. The van der Waals surface area contributed by atoms with Gasteiger partial charge in [0, 0.05) is 0 Å². The Morgan fingerprint density at radius 2 is 1.77 bits per heavy atom. The van der Waals surface area contributed by atoms with E-state index < -0.39 is 15.6 Å².